The van der Waals surface area contributed by atoms with Gasteiger partial charge in [-0.05, 0) is 30.9 Å². The molecule has 0 radical (unpaired) electrons. The Morgan fingerprint density at radius 1 is 1.32 bits per heavy atom. The van der Waals surface area contributed by atoms with Crippen molar-refractivity contribution in [2.24, 2.45) is 5.92 Å². The zero-order chi connectivity index (χ0) is 17.9. The fraction of sp³-hybridized carbons (Fsp3) is 0.529. The average Bonchev–Trinajstić information content (AvgIpc) is 2.62. The smallest absolute Gasteiger partial charge is 0.282 e. The van der Waals surface area contributed by atoms with E-state index in [2.05, 4.69) is 9.97 Å². The molecule has 1 unspecified atom stereocenters. The van der Waals surface area contributed by atoms with Crippen LogP contribution in [-0.2, 0) is 21.5 Å². The van der Waals surface area contributed by atoms with Crippen LogP contribution in [0.3, 0.4) is 0 Å². The monoisotopic (exact) mass is 364 g/mol. The highest BCUT2D eigenvalue weighted by Crippen LogP contribution is 2.21. The zero-order valence-corrected chi connectivity index (χ0v) is 15.4. The number of ether oxygens (including phenoxy) is 1. The van der Waals surface area contributed by atoms with Crippen LogP contribution < -0.4 is 0 Å². The molecule has 0 aliphatic carbocycles. The molecular formula is C17H24N4O3S. The number of fused-ring (bicyclic) bond motifs is 1. The molecule has 0 spiro atoms. The van der Waals surface area contributed by atoms with Crippen LogP contribution in [0.15, 0.2) is 30.5 Å². The molecule has 2 aromatic rings. The van der Waals surface area contributed by atoms with Gasteiger partial charge in [-0.3, -0.25) is 4.98 Å². The molecule has 1 aliphatic rings. The van der Waals surface area contributed by atoms with Gasteiger partial charge in [0.05, 0.1) is 36.1 Å². The summed E-state index contributed by atoms with van der Waals surface area (Å²) in [6.07, 6.45) is 3.49. The number of benzene rings is 1. The highest BCUT2D eigenvalue weighted by Gasteiger charge is 2.32. The van der Waals surface area contributed by atoms with E-state index in [-0.39, 0.29) is 12.5 Å². The highest BCUT2D eigenvalue weighted by molar-refractivity contribution is 7.86. The number of piperidine rings is 1. The molecule has 0 bridgehead atoms. The summed E-state index contributed by atoms with van der Waals surface area (Å²) >= 11 is 0. The third-order valence-electron chi connectivity index (χ3n) is 4.49. The van der Waals surface area contributed by atoms with Crippen LogP contribution in [0.4, 0.5) is 0 Å². The molecule has 0 saturated carbocycles. The first-order valence-corrected chi connectivity index (χ1v) is 9.81. The highest BCUT2D eigenvalue weighted by atomic mass is 32.2. The lowest BCUT2D eigenvalue weighted by atomic mass is 10.0. The second kappa shape index (κ2) is 7.74. The van der Waals surface area contributed by atoms with Crippen LogP contribution >= 0.6 is 0 Å². The Morgan fingerprint density at radius 3 is 2.84 bits per heavy atom. The van der Waals surface area contributed by atoms with Crippen molar-refractivity contribution < 1.29 is 13.2 Å². The standard InChI is InChI=1S/C17H24N4O3S/c1-20(12-15-10-18-16-7-3-4-8-17(16)19-15)25(22,23)21-9-5-6-14(11-21)13-24-2/h3-4,7-8,10,14H,5-6,9,11-13H2,1-2H3. The second-order valence-electron chi connectivity index (χ2n) is 6.44. The van der Waals surface area contributed by atoms with Gasteiger partial charge in [0.25, 0.3) is 10.2 Å². The topological polar surface area (TPSA) is 75.6 Å². The molecule has 1 atom stereocenters. The molecule has 1 aliphatic heterocycles. The minimum Gasteiger partial charge on any atom is -0.384 e. The van der Waals surface area contributed by atoms with Crippen molar-refractivity contribution in [1.82, 2.24) is 18.6 Å². The third kappa shape index (κ3) is 4.14. The molecule has 1 saturated heterocycles. The lowest BCUT2D eigenvalue weighted by molar-refractivity contribution is 0.116. The van der Waals surface area contributed by atoms with Crippen LogP contribution in [0.1, 0.15) is 18.5 Å². The van der Waals surface area contributed by atoms with E-state index in [1.54, 1.807) is 24.7 Å². The van der Waals surface area contributed by atoms with E-state index in [4.69, 9.17) is 4.74 Å². The Hall–Kier alpha value is -1.61. The van der Waals surface area contributed by atoms with E-state index in [1.165, 1.54) is 4.31 Å². The fourth-order valence-electron chi connectivity index (χ4n) is 3.19. The number of aromatic nitrogens is 2. The number of hydrogen-bond donors (Lipinski definition) is 0. The van der Waals surface area contributed by atoms with Crippen molar-refractivity contribution in [3.63, 3.8) is 0 Å². The van der Waals surface area contributed by atoms with E-state index in [9.17, 15) is 8.42 Å². The van der Waals surface area contributed by atoms with Crippen LogP contribution in [0, 0.1) is 5.92 Å². The number of hydrogen-bond acceptors (Lipinski definition) is 5. The average molecular weight is 364 g/mol. The lowest BCUT2D eigenvalue weighted by Gasteiger charge is -2.34. The molecule has 1 aromatic carbocycles. The van der Waals surface area contributed by atoms with E-state index in [0.717, 1.165) is 23.9 Å². The van der Waals surface area contributed by atoms with E-state index in [0.29, 0.717) is 25.4 Å². The van der Waals surface area contributed by atoms with Crippen molar-refractivity contribution in [1.29, 1.82) is 0 Å². The summed E-state index contributed by atoms with van der Waals surface area (Å²) in [5.41, 5.74) is 2.20. The van der Waals surface area contributed by atoms with Gasteiger partial charge in [-0.2, -0.15) is 17.0 Å². The van der Waals surface area contributed by atoms with Gasteiger partial charge < -0.3 is 4.74 Å². The van der Waals surface area contributed by atoms with Gasteiger partial charge in [0.1, 0.15) is 0 Å². The summed E-state index contributed by atoms with van der Waals surface area (Å²) in [4.78, 5) is 8.86. The minimum absolute atomic E-state index is 0.200. The van der Waals surface area contributed by atoms with Crippen LogP contribution in [-0.4, -0.2) is 60.9 Å². The molecule has 25 heavy (non-hydrogen) atoms. The Morgan fingerprint density at radius 2 is 2.08 bits per heavy atom. The molecule has 1 fully saturated rings. The van der Waals surface area contributed by atoms with Crippen molar-refractivity contribution in [2.75, 3.05) is 33.9 Å². The van der Waals surface area contributed by atoms with Gasteiger partial charge >= 0.3 is 0 Å². The number of methoxy groups -OCH3 is 1. The Kier molecular flexibility index (Phi) is 5.63. The van der Waals surface area contributed by atoms with Crippen LogP contribution in [0.2, 0.25) is 0 Å². The maximum atomic E-state index is 12.9. The van der Waals surface area contributed by atoms with Crippen molar-refractivity contribution in [2.45, 2.75) is 19.4 Å². The van der Waals surface area contributed by atoms with Gasteiger partial charge in [0, 0.05) is 27.2 Å². The van der Waals surface area contributed by atoms with Crippen LogP contribution in [0.5, 0.6) is 0 Å². The summed E-state index contributed by atoms with van der Waals surface area (Å²) in [7, 11) is -0.281. The quantitative estimate of drug-likeness (QED) is 0.779. The number of rotatable bonds is 6. The lowest BCUT2D eigenvalue weighted by Crippen LogP contribution is -2.47. The summed E-state index contributed by atoms with van der Waals surface area (Å²) in [5, 5.41) is 0. The minimum atomic E-state index is -3.52. The first kappa shape index (κ1) is 18.2. The van der Waals surface area contributed by atoms with Crippen LogP contribution in [0.25, 0.3) is 11.0 Å². The first-order chi connectivity index (χ1) is 12.0. The zero-order valence-electron chi connectivity index (χ0n) is 14.6. The summed E-state index contributed by atoms with van der Waals surface area (Å²) in [5.74, 6) is 0.252. The van der Waals surface area contributed by atoms with Gasteiger partial charge in [0.2, 0.25) is 0 Å². The molecule has 2 heterocycles. The molecule has 8 heteroatoms. The second-order valence-corrected chi connectivity index (χ2v) is 8.47. The first-order valence-electron chi connectivity index (χ1n) is 8.41. The van der Waals surface area contributed by atoms with Gasteiger partial charge in [-0.15, -0.1) is 0 Å². The Balaban J connectivity index is 1.72. The molecule has 0 N–H and O–H groups in total. The Bertz CT molecular complexity index is 826. The molecule has 0 amide bonds. The van der Waals surface area contributed by atoms with Gasteiger partial charge in [-0.25, -0.2) is 4.98 Å². The third-order valence-corrected chi connectivity index (χ3v) is 6.39. The molecular weight excluding hydrogens is 340 g/mol. The Labute approximate surface area is 148 Å². The summed E-state index contributed by atoms with van der Waals surface area (Å²) in [6, 6.07) is 7.56. The van der Waals surface area contributed by atoms with Crippen molar-refractivity contribution >= 4 is 21.2 Å². The van der Waals surface area contributed by atoms with E-state index >= 15 is 0 Å². The maximum absolute atomic E-state index is 12.9. The van der Waals surface area contributed by atoms with Crippen molar-refractivity contribution in [3.05, 3.63) is 36.2 Å². The SMILES string of the molecule is COCC1CCCN(S(=O)(=O)N(C)Cc2cnc3ccccc3n2)C1. The predicted octanol–water partition coefficient (Wildman–Crippen LogP) is 1.66. The summed E-state index contributed by atoms with van der Waals surface area (Å²) in [6.45, 7) is 1.84. The summed E-state index contributed by atoms with van der Waals surface area (Å²) < 4.78 is 33.8. The normalized spacial score (nSPS) is 19.6. The molecule has 7 nitrogen and oxygen atoms in total. The largest absolute Gasteiger partial charge is 0.384 e. The number of nitrogens with zero attached hydrogens (tertiary/aromatic N) is 4. The van der Waals surface area contributed by atoms with Crippen molar-refractivity contribution in [3.8, 4) is 0 Å². The van der Waals surface area contributed by atoms with Gasteiger partial charge in [0.15, 0.2) is 0 Å². The maximum Gasteiger partial charge on any atom is 0.282 e. The predicted molar refractivity (Wildman–Crippen MR) is 96.1 cm³/mol. The molecule has 1 aromatic heterocycles. The molecule has 136 valence electrons. The van der Waals surface area contributed by atoms with Gasteiger partial charge in [-0.1, -0.05) is 12.1 Å². The van der Waals surface area contributed by atoms with E-state index in [1.807, 2.05) is 24.3 Å². The van der Waals surface area contributed by atoms with E-state index < -0.39 is 10.2 Å². The fourth-order valence-corrected chi connectivity index (χ4v) is 4.64. The molecule has 3 rings (SSSR count). The number of para-hydroxylation sites is 2.